The molecule has 0 unspecified atom stereocenters. The third kappa shape index (κ3) is 2.91. The van der Waals surface area contributed by atoms with E-state index in [4.69, 9.17) is 11.6 Å². The quantitative estimate of drug-likeness (QED) is 0.684. The Morgan fingerprint density at radius 1 is 0.905 bits per heavy atom. The first-order valence-electron chi connectivity index (χ1n) is 6.69. The van der Waals surface area contributed by atoms with Crippen LogP contribution in [0.25, 0.3) is 16.8 Å². The zero-order chi connectivity index (χ0) is 14.8. The Balaban J connectivity index is 2.12. The van der Waals surface area contributed by atoms with E-state index in [9.17, 15) is 4.79 Å². The number of benzene rings is 2. The molecule has 1 heterocycles. The van der Waals surface area contributed by atoms with Crippen LogP contribution in [0.2, 0.25) is 5.02 Å². The Kier molecular flexibility index (Phi) is 3.63. The monoisotopic (exact) mass is 295 g/mol. The van der Waals surface area contributed by atoms with Crippen molar-refractivity contribution in [3.8, 4) is 16.8 Å². The van der Waals surface area contributed by atoms with E-state index in [1.807, 2.05) is 67.7 Å². The Hall–Kier alpha value is -2.32. The lowest BCUT2D eigenvalue weighted by molar-refractivity contribution is 0.990. The Morgan fingerprint density at radius 2 is 1.62 bits per heavy atom. The molecule has 3 heteroatoms. The van der Waals surface area contributed by atoms with Gasteiger partial charge in [-0.1, -0.05) is 35.9 Å². The van der Waals surface area contributed by atoms with Gasteiger partial charge in [0.25, 0.3) is 5.56 Å². The molecule has 0 bridgehead atoms. The van der Waals surface area contributed by atoms with E-state index >= 15 is 0 Å². The third-order valence-electron chi connectivity index (χ3n) is 3.37. The van der Waals surface area contributed by atoms with Crippen molar-refractivity contribution in [1.29, 1.82) is 0 Å². The molecular formula is C18H14ClNO. The van der Waals surface area contributed by atoms with Gasteiger partial charge in [0.15, 0.2) is 0 Å². The molecule has 2 nitrogen and oxygen atoms in total. The lowest BCUT2D eigenvalue weighted by Gasteiger charge is -2.09. The van der Waals surface area contributed by atoms with E-state index in [1.165, 1.54) is 0 Å². The van der Waals surface area contributed by atoms with Crippen molar-refractivity contribution in [2.45, 2.75) is 6.92 Å². The number of hydrogen-bond donors (Lipinski definition) is 0. The molecule has 3 aromatic rings. The fourth-order valence-electron chi connectivity index (χ4n) is 2.28. The van der Waals surface area contributed by atoms with Crippen LogP contribution in [0.1, 0.15) is 5.56 Å². The summed E-state index contributed by atoms with van der Waals surface area (Å²) in [4.78, 5) is 12.1. The molecular weight excluding hydrogens is 282 g/mol. The molecule has 0 N–H and O–H groups in total. The van der Waals surface area contributed by atoms with Gasteiger partial charge in [-0.15, -0.1) is 0 Å². The van der Waals surface area contributed by atoms with Crippen molar-refractivity contribution in [2.75, 3.05) is 0 Å². The summed E-state index contributed by atoms with van der Waals surface area (Å²) in [6.45, 7) is 2.01. The molecule has 1 aromatic heterocycles. The molecule has 0 radical (unpaired) electrons. The maximum absolute atomic E-state index is 12.1. The molecule has 2 aromatic carbocycles. The number of hydrogen-bond acceptors (Lipinski definition) is 1. The van der Waals surface area contributed by atoms with Crippen LogP contribution < -0.4 is 5.56 Å². The van der Waals surface area contributed by atoms with Gasteiger partial charge < -0.3 is 0 Å². The van der Waals surface area contributed by atoms with Crippen molar-refractivity contribution in [3.05, 3.63) is 87.8 Å². The minimum absolute atomic E-state index is 0.0432. The van der Waals surface area contributed by atoms with E-state index < -0.39 is 0 Å². The average molecular weight is 296 g/mol. The Bertz CT molecular complexity index is 834. The topological polar surface area (TPSA) is 22.0 Å². The van der Waals surface area contributed by atoms with Crippen LogP contribution in [-0.2, 0) is 0 Å². The highest BCUT2D eigenvalue weighted by Crippen LogP contribution is 2.21. The molecule has 0 aliphatic rings. The summed E-state index contributed by atoms with van der Waals surface area (Å²) in [5, 5.41) is 0.700. The van der Waals surface area contributed by atoms with Crippen LogP contribution in [-0.4, -0.2) is 4.57 Å². The number of rotatable bonds is 2. The summed E-state index contributed by atoms with van der Waals surface area (Å²) >= 11 is 5.91. The fourth-order valence-corrected chi connectivity index (χ4v) is 2.41. The minimum Gasteiger partial charge on any atom is -0.284 e. The number of aryl methyl sites for hydroxylation is 1. The van der Waals surface area contributed by atoms with Crippen LogP contribution in [0.4, 0.5) is 0 Å². The number of nitrogens with zero attached hydrogens (tertiary/aromatic N) is 1. The van der Waals surface area contributed by atoms with Crippen molar-refractivity contribution in [1.82, 2.24) is 4.57 Å². The van der Waals surface area contributed by atoms with E-state index in [1.54, 1.807) is 10.6 Å². The Labute approximate surface area is 128 Å². The summed E-state index contributed by atoms with van der Waals surface area (Å²) in [5.41, 5.74) is 3.96. The molecule has 0 saturated carbocycles. The SMILES string of the molecule is Cc1cccc(-n2cc(-c3ccc(Cl)cc3)ccc2=O)c1. The maximum Gasteiger partial charge on any atom is 0.255 e. The zero-order valence-corrected chi connectivity index (χ0v) is 12.3. The van der Waals surface area contributed by atoms with E-state index in [-0.39, 0.29) is 5.56 Å². The van der Waals surface area contributed by atoms with Crippen LogP contribution in [0.15, 0.2) is 71.7 Å². The van der Waals surface area contributed by atoms with Crippen molar-refractivity contribution in [3.63, 3.8) is 0 Å². The number of pyridine rings is 1. The molecule has 0 aliphatic carbocycles. The first-order chi connectivity index (χ1) is 10.1. The van der Waals surface area contributed by atoms with Crippen LogP contribution >= 0.6 is 11.6 Å². The first kappa shape index (κ1) is 13.7. The van der Waals surface area contributed by atoms with Gasteiger partial charge in [0, 0.05) is 23.0 Å². The fraction of sp³-hybridized carbons (Fsp3) is 0.0556. The molecule has 0 amide bonds. The van der Waals surface area contributed by atoms with Gasteiger partial charge in [-0.25, -0.2) is 0 Å². The summed E-state index contributed by atoms with van der Waals surface area (Å²) in [7, 11) is 0. The summed E-state index contributed by atoms with van der Waals surface area (Å²) in [6.07, 6.45) is 1.86. The van der Waals surface area contributed by atoms with Gasteiger partial charge in [-0.05, 0) is 53.9 Å². The molecule has 104 valence electrons. The van der Waals surface area contributed by atoms with Gasteiger partial charge in [-0.2, -0.15) is 0 Å². The Morgan fingerprint density at radius 3 is 2.33 bits per heavy atom. The van der Waals surface area contributed by atoms with Crippen LogP contribution in [0.5, 0.6) is 0 Å². The summed E-state index contributed by atoms with van der Waals surface area (Å²) in [5.74, 6) is 0. The molecule has 0 saturated heterocycles. The second-order valence-electron chi connectivity index (χ2n) is 4.97. The van der Waals surface area contributed by atoms with E-state index in [0.717, 1.165) is 22.4 Å². The largest absolute Gasteiger partial charge is 0.284 e. The van der Waals surface area contributed by atoms with Crippen molar-refractivity contribution < 1.29 is 0 Å². The molecule has 0 spiro atoms. The lowest BCUT2D eigenvalue weighted by atomic mass is 10.1. The zero-order valence-electron chi connectivity index (χ0n) is 11.6. The van der Waals surface area contributed by atoms with Gasteiger partial charge in [0.1, 0.15) is 0 Å². The second-order valence-corrected chi connectivity index (χ2v) is 5.41. The van der Waals surface area contributed by atoms with E-state index in [0.29, 0.717) is 5.02 Å². The first-order valence-corrected chi connectivity index (χ1v) is 7.07. The molecule has 0 aliphatic heterocycles. The number of aromatic nitrogens is 1. The standard InChI is InChI=1S/C18H14ClNO/c1-13-3-2-4-17(11-13)20-12-15(7-10-18(20)21)14-5-8-16(19)9-6-14/h2-12H,1H3. The highest BCUT2D eigenvalue weighted by atomic mass is 35.5. The number of halogens is 1. The van der Waals surface area contributed by atoms with Gasteiger partial charge in [-0.3, -0.25) is 9.36 Å². The lowest BCUT2D eigenvalue weighted by Crippen LogP contribution is -2.16. The highest BCUT2D eigenvalue weighted by molar-refractivity contribution is 6.30. The molecule has 3 rings (SSSR count). The third-order valence-corrected chi connectivity index (χ3v) is 3.62. The predicted molar refractivity (Wildman–Crippen MR) is 87.2 cm³/mol. The maximum atomic E-state index is 12.1. The predicted octanol–water partition coefficient (Wildman–Crippen LogP) is 4.47. The van der Waals surface area contributed by atoms with Crippen molar-refractivity contribution >= 4 is 11.6 Å². The van der Waals surface area contributed by atoms with Gasteiger partial charge >= 0.3 is 0 Å². The second kappa shape index (κ2) is 5.58. The summed E-state index contributed by atoms with van der Waals surface area (Å²) in [6, 6.07) is 18.9. The smallest absolute Gasteiger partial charge is 0.255 e. The normalized spacial score (nSPS) is 10.6. The van der Waals surface area contributed by atoms with Crippen LogP contribution in [0, 0.1) is 6.92 Å². The van der Waals surface area contributed by atoms with Gasteiger partial charge in [0.05, 0.1) is 0 Å². The molecule has 0 atom stereocenters. The molecule has 0 fully saturated rings. The van der Waals surface area contributed by atoms with Crippen LogP contribution in [0.3, 0.4) is 0 Å². The molecule has 21 heavy (non-hydrogen) atoms. The van der Waals surface area contributed by atoms with Gasteiger partial charge in [0.2, 0.25) is 0 Å². The van der Waals surface area contributed by atoms with E-state index in [2.05, 4.69) is 0 Å². The summed E-state index contributed by atoms with van der Waals surface area (Å²) < 4.78 is 1.66. The minimum atomic E-state index is -0.0432. The highest BCUT2D eigenvalue weighted by Gasteiger charge is 2.04. The van der Waals surface area contributed by atoms with Crippen molar-refractivity contribution in [2.24, 2.45) is 0 Å². The average Bonchev–Trinajstić information content (AvgIpc) is 2.49.